The van der Waals surface area contributed by atoms with Crippen LogP contribution in [0.1, 0.15) is 5.56 Å². The molecule has 1 heterocycles. The van der Waals surface area contributed by atoms with Gasteiger partial charge >= 0.3 is 0 Å². The Balaban J connectivity index is 2.07. The number of aryl methyl sites for hydroxylation is 1. The second-order valence-electron chi connectivity index (χ2n) is 4.75. The summed E-state index contributed by atoms with van der Waals surface area (Å²) in [6.07, 6.45) is 0. The lowest BCUT2D eigenvalue weighted by Crippen LogP contribution is -2.14. The highest BCUT2D eigenvalue weighted by Crippen LogP contribution is 2.27. The molecule has 0 bridgehead atoms. The average Bonchev–Trinajstić information content (AvgIpc) is 2.97. The van der Waals surface area contributed by atoms with E-state index < -0.39 is 14.9 Å². The molecule has 118 valence electrons. The average molecular weight is 350 g/mol. The van der Waals surface area contributed by atoms with Gasteiger partial charge in [0, 0.05) is 12.1 Å². The Kier molecular flexibility index (Phi) is 3.70. The maximum atomic E-state index is 12.6. The molecule has 10 heteroatoms. The van der Waals surface area contributed by atoms with E-state index in [1.807, 2.05) is 0 Å². The van der Waals surface area contributed by atoms with E-state index >= 15 is 0 Å². The normalized spacial score (nSPS) is 11.5. The lowest BCUT2D eigenvalue weighted by molar-refractivity contribution is -0.384. The van der Waals surface area contributed by atoms with E-state index in [2.05, 4.69) is 13.5 Å². The molecule has 1 aromatic heterocycles. The number of hydrogen-bond donors (Lipinski definition) is 1. The van der Waals surface area contributed by atoms with Crippen molar-refractivity contribution in [2.45, 2.75) is 11.8 Å². The monoisotopic (exact) mass is 350 g/mol. The molecule has 0 atom stereocenters. The molecule has 0 spiro atoms. The van der Waals surface area contributed by atoms with Gasteiger partial charge in [-0.3, -0.25) is 14.8 Å². The molecule has 0 amide bonds. The van der Waals surface area contributed by atoms with E-state index in [0.717, 1.165) is 11.7 Å². The number of hydrogen-bond acceptors (Lipinski definition) is 7. The third-order valence-electron chi connectivity index (χ3n) is 3.21. The molecule has 1 N–H and O–H groups in total. The Morgan fingerprint density at radius 3 is 2.74 bits per heavy atom. The van der Waals surface area contributed by atoms with Gasteiger partial charge in [-0.15, -0.1) is 0 Å². The summed E-state index contributed by atoms with van der Waals surface area (Å²) < 4.78 is 35.6. The van der Waals surface area contributed by atoms with Crippen LogP contribution < -0.4 is 4.72 Å². The molecule has 0 aliphatic rings. The molecule has 0 radical (unpaired) electrons. The Hall–Kier alpha value is -2.59. The number of fused-ring (bicyclic) bond motifs is 1. The van der Waals surface area contributed by atoms with Gasteiger partial charge in [0.1, 0.15) is 15.9 Å². The van der Waals surface area contributed by atoms with Crippen molar-refractivity contribution in [3.63, 3.8) is 0 Å². The molecular weight excluding hydrogens is 340 g/mol. The van der Waals surface area contributed by atoms with Gasteiger partial charge in [0.15, 0.2) is 0 Å². The fourth-order valence-corrected chi connectivity index (χ4v) is 3.92. The molecule has 3 rings (SSSR count). The number of sulfonamides is 1. The fourth-order valence-electron chi connectivity index (χ4n) is 2.03. The number of nitro benzene ring substituents is 1. The van der Waals surface area contributed by atoms with Gasteiger partial charge < -0.3 is 0 Å². The largest absolute Gasteiger partial charge is 0.279 e. The van der Waals surface area contributed by atoms with Crippen LogP contribution in [0.5, 0.6) is 0 Å². The number of anilines is 1. The summed E-state index contributed by atoms with van der Waals surface area (Å²) in [5.41, 5.74) is 1.28. The highest BCUT2D eigenvalue weighted by atomic mass is 32.2. The summed E-state index contributed by atoms with van der Waals surface area (Å²) >= 11 is 0.917. The zero-order chi connectivity index (χ0) is 16.6. The summed E-state index contributed by atoms with van der Waals surface area (Å²) in [4.78, 5) is 10.3. The first-order chi connectivity index (χ1) is 10.9. The number of nitro groups is 1. The molecule has 0 unspecified atom stereocenters. The van der Waals surface area contributed by atoms with Gasteiger partial charge in [0.25, 0.3) is 15.7 Å². The van der Waals surface area contributed by atoms with Crippen molar-refractivity contribution in [2.24, 2.45) is 0 Å². The maximum absolute atomic E-state index is 12.6. The zero-order valence-electron chi connectivity index (χ0n) is 11.8. The number of nitrogens with zero attached hydrogens (tertiary/aromatic N) is 3. The van der Waals surface area contributed by atoms with Gasteiger partial charge in [-0.1, -0.05) is 12.1 Å². The van der Waals surface area contributed by atoms with E-state index in [-0.39, 0.29) is 21.8 Å². The molecule has 0 saturated carbocycles. The topological polar surface area (TPSA) is 115 Å². The lowest BCUT2D eigenvalue weighted by atomic mass is 10.2. The first-order valence-corrected chi connectivity index (χ1v) is 8.59. The van der Waals surface area contributed by atoms with Crippen LogP contribution in [-0.2, 0) is 10.0 Å². The van der Waals surface area contributed by atoms with Crippen molar-refractivity contribution in [2.75, 3.05) is 4.72 Å². The van der Waals surface area contributed by atoms with Gasteiger partial charge in [-0.25, -0.2) is 8.42 Å². The van der Waals surface area contributed by atoms with Crippen molar-refractivity contribution in [1.82, 2.24) is 8.75 Å². The smallest absolute Gasteiger partial charge is 0.271 e. The second kappa shape index (κ2) is 5.56. The molecule has 0 fully saturated rings. The molecule has 3 aromatic rings. The second-order valence-corrected chi connectivity index (χ2v) is 6.93. The zero-order valence-corrected chi connectivity index (χ0v) is 13.4. The van der Waals surface area contributed by atoms with Crippen molar-refractivity contribution >= 4 is 44.2 Å². The van der Waals surface area contributed by atoms with Crippen molar-refractivity contribution in [3.8, 4) is 0 Å². The molecule has 2 aromatic carbocycles. The summed E-state index contributed by atoms with van der Waals surface area (Å²) in [5, 5.41) is 10.9. The van der Waals surface area contributed by atoms with E-state index in [4.69, 9.17) is 0 Å². The van der Waals surface area contributed by atoms with E-state index in [9.17, 15) is 18.5 Å². The highest BCUT2D eigenvalue weighted by molar-refractivity contribution is 7.93. The van der Waals surface area contributed by atoms with Crippen LogP contribution >= 0.6 is 11.7 Å². The molecule has 0 saturated heterocycles. The minimum Gasteiger partial charge on any atom is -0.279 e. The molecule has 0 aliphatic heterocycles. The van der Waals surface area contributed by atoms with Crippen LogP contribution in [0.2, 0.25) is 0 Å². The first-order valence-electron chi connectivity index (χ1n) is 6.37. The standard InChI is InChI=1S/C13H10N4O4S2/c1-8-5-6-9(17(18)19)7-11(8)16-23(20,21)12-4-2-3-10-13(12)15-22-14-10/h2-7,16H,1H3. The maximum Gasteiger partial charge on any atom is 0.271 e. The van der Waals surface area contributed by atoms with Gasteiger partial charge in [0.05, 0.1) is 22.3 Å². The third kappa shape index (κ3) is 2.85. The number of non-ortho nitro benzene ring substituents is 1. The van der Waals surface area contributed by atoms with Crippen LogP contribution in [-0.4, -0.2) is 22.1 Å². The van der Waals surface area contributed by atoms with Crippen LogP contribution in [0.15, 0.2) is 41.3 Å². The van der Waals surface area contributed by atoms with Gasteiger partial charge in [-0.2, -0.15) is 8.75 Å². The predicted molar refractivity (Wildman–Crippen MR) is 86.1 cm³/mol. The molecule has 23 heavy (non-hydrogen) atoms. The van der Waals surface area contributed by atoms with Crippen LogP contribution in [0, 0.1) is 17.0 Å². The lowest BCUT2D eigenvalue weighted by Gasteiger charge is -2.10. The Morgan fingerprint density at radius 2 is 2.00 bits per heavy atom. The number of benzene rings is 2. The quantitative estimate of drug-likeness (QED) is 0.571. The SMILES string of the molecule is Cc1ccc([N+](=O)[O-])cc1NS(=O)(=O)c1cccc2nsnc12. The molecule has 8 nitrogen and oxygen atoms in total. The predicted octanol–water partition coefficient (Wildman–Crippen LogP) is 2.71. The Labute approximate surface area is 135 Å². The van der Waals surface area contributed by atoms with Crippen molar-refractivity contribution < 1.29 is 13.3 Å². The number of rotatable bonds is 4. The minimum atomic E-state index is -3.94. The third-order valence-corrected chi connectivity index (χ3v) is 5.15. The van der Waals surface area contributed by atoms with Crippen molar-refractivity contribution in [3.05, 3.63) is 52.1 Å². The summed E-state index contributed by atoms with van der Waals surface area (Å²) in [7, 11) is -3.94. The van der Waals surface area contributed by atoms with Gasteiger partial charge in [0.2, 0.25) is 0 Å². The highest BCUT2D eigenvalue weighted by Gasteiger charge is 2.21. The summed E-state index contributed by atoms with van der Waals surface area (Å²) in [5.74, 6) is 0. The minimum absolute atomic E-state index is 0.0188. The van der Waals surface area contributed by atoms with Crippen LogP contribution in [0.3, 0.4) is 0 Å². The van der Waals surface area contributed by atoms with Crippen molar-refractivity contribution in [1.29, 1.82) is 0 Å². The summed E-state index contributed by atoms with van der Waals surface area (Å²) in [6, 6.07) is 8.64. The molecule has 0 aliphatic carbocycles. The first kappa shape index (κ1) is 15.3. The Bertz CT molecular complexity index is 1010. The summed E-state index contributed by atoms with van der Waals surface area (Å²) in [6.45, 7) is 1.66. The van der Waals surface area contributed by atoms with E-state index in [1.165, 1.54) is 24.3 Å². The van der Waals surface area contributed by atoms with Crippen LogP contribution in [0.25, 0.3) is 11.0 Å². The molecular formula is C13H10N4O4S2. The number of aromatic nitrogens is 2. The number of nitrogens with one attached hydrogen (secondary N) is 1. The van der Waals surface area contributed by atoms with E-state index in [0.29, 0.717) is 11.1 Å². The van der Waals surface area contributed by atoms with E-state index in [1.54, 1.807) is 19.1 Å². The van der Waals surface area contributed by atoms with Crippen LogP contribution in [0.4, 0.5) is 11.4 Å². The fraction of sp³-hybridized carbons (Fsp3) is 0.0769. The Morgan fingerprint density at radius 1 is 1.22 bits per heavy atom. The van der Waals surface area contributed by atoms with Gasteiger partial charge in [-0.05, 0) is 24.6 Å².